The molecule has 2 heterocycles. The number of aryl methyl sites for hydroxylation is 1. The number of hydrogen-bond acceptors (Lipinski definition) is 5. The molecular weight excluding hydrogens is 450 g/mol. The highest BCUT2D eigenvalue weighted by atomic mass is 16.5. The van der Waals surface area contributed by atoms with Crippen LogP contribution in [0.5, 0.6) is 5.75 Å². The molecule has 36 heavy (non-hydrogen) atoms. The number of aliphatic hydroxyl groups is 1. The number of allylic oxidation sites excluding steroid dienone is 6. The summed E-state index contributed by atoms with van der Waals surface area (Å²) < 4.78 is 6.86. The van der Waals surface area contributed by atoms with Crippen LogP contribution in [0.15, 0.2) is 108 Å². The summed E-state index contributed by atoms with van der Waals surface area (Å²) in [7, 11) is 1.66. The molecule has 0 fully saturated rings. The first kappa shape index (κ1) is 24.7. The molecule has 182 valence electrons. The molecule has 0 bridgehead atoms. The fourth-order valence-corrected chi connectivity index (χ4v) is 3.96. The van der Waals surface area contributed by atoms with Crippen LogP contribution in [0.3, 0.4) is 0 Å². The fraction of sp³-hybridized carbons (Fsp3) is 0.133. The Morgan fingerprint density at radius 1 is 1.03 bits per heavy atom. The SMILES string of the molecule is COc1ccccc1.Cc1cc(CO)nc2c1c(=O)cc(Nc1ccccc1)n2C1=CCC=CC=C1. The quantitative estimate of drug-likeness (QED) is 0.368. The van der Waals surface area contributed by atoms with E-state index in [0.717, 1.165) is 29.1 Å². The van der Waals surface area contributed by atoms with Gasteiger partial charge in [-0.3, -0.25) is 9.36 Å². The molecule has 0 atom stereocenters. The minimum absolute atomic E-state index is 0.101. The van der Waals surface area contributed by atoms with Crippen LogP contribution in [0.1, 0.15) is 17.7 Å². The van der Waals surface area contributed by atoms with E-state index in [4.69, 9.17) is 4.74 Å². The van der Waals surface area contributed by atoms with Crippen molar-refractivity contribution in [2.75, 3.05) is 12.4 Å². The number of ether oxygens (including phenoxy) is 1. The van der Waals surface area contributed by atoms with E-state index in [1.165, 1.54) is 0 Å². The topological polar surface area (TPSA) is 76.4 Å². The maximum absolute atomic E-state index is 12.9. The Balaban J connectivity index is 0.000000325. The third kappa shape index (κ3) is 5.79. The number of pyridine rings is 2. The zero-order valence-electron chi connectivity index (χ0n) is 20.4. The highest BCUT2D eigenvalue weighted by molar-refractivity contribution is 5.87. The van der Waals surface area contributed by atoms with E-state index in [-0.39, 0.29) is 12.0 Å². The Bertz CT molecular complexity index is 1470. The normalized spacial score (nSPS) is 12.4. The lowest BCUT2D eigenvalue weighted by atomic mass is 10.1. The van der Waals surface area contributed by atoms with E-state index in [1.54, 1.807) is 19.2 Å². The molecule has 1 aliphatic rings. The van der Waals surface area contributed by atoms with Crippen LogP contribution in [0.4, 0.5) is 11.5 Å². The summed E-state index contributed by atoms with van der Waals surface area (Å²) in [6.07, 6.45) is 10.9. The molecule has 6 nitrogen and oxygen atoms in total. The van der Waals surface area contributed by atoms with Gasteiger partial charge in [-0.05, 0) is 55.3 Å². The Labute approximate surface area is 210 Å². The Hall–Kier alpha value is -4.42. The fourth-order valence-electron chi connectivity index (χ4n) is 3.96. The number of nitrogens with one attached hydrogen (secondary N) is 1. The standard InChI is InChI=1S/C23H21N3O2.C7H8O/c1-16-13-18(15-27)25-23-22(16)20(28)14-21(24-17-9-5-4-6-10-17)26(23)19-11-7-2-3-8-12-19;1-8-7-5-3-2-4-6-7/h2-7,9-14,24,27H,8,15H2,1H3;2-6H,1H3. The summed E-state index contributed by atoms with van der Waals surface area (Å²) in [5.74, 6) is 1.54. The molecule has 5 rings (SSSR count). The summed E-state index contributed by atoms with van der Waals surface area (Å²) in [5.41, 5.74) is 3.56. The summed E-state index contributed by atoms with van der Waals surface area (Å²) in [5, 5.41) is 13.5. The van der Waals surface area contributed by atoms with E-state index in [2.05, 4.69) is 22.5 Å². The number of hydrogen-bond donors (Lipinski definition) is 2. The number of anilines is 2. The molecule has 0 aliphatic heterocycles. The molecule has 0 radical (unpaired) electrons. The van der Waals surface area contributed by atoms with Crippen molar-refractivity contribution in [3.8, 4) is 5.75 Å². The van der Waals surface area contributed by atoms with Crippen LogP contribution in [0.2, 0.25) is 0 Å². The molecule has 0 amide bonds. The van der Waals surface area contributed by atoms with Crippen molar-refractivity contribution in [2.45, 2.75) is 20.0 Å². The number of fused-ring (bicyclic) bond motifs is 1. The molecule has 4 aromatic rings. The zero-order valence-corrected chi connectivity index (χ0v) is 20.4. The first-order chi connectivity index (χ1) is 17.6. The minimum Gasteiger partial charge on any atom is -0.497 e. The number of nitrogens with zero attached hydrogens (tertiary/aromatic N) is 2. The van der Waals surface area contributed by atoms with Gasteiger partial charge < -0.3 is 15.2 Å². The van der Waals surface area contributed by atoms with Crippen molar-refractivity contribution in [1.82, 2.24) is 9.55 Å². The van der Waals surface area contributed by atoms with E-state index >= 15 is 0 Å². The molecule has 2 N–H and O–H groups in total. The van der Waals surface area contributed by atoms with Crippen LogP contribution in [0.25, 0.3) is 16.7 Å². The lowest BCUT2D eigenvalue weighted by molar-refractivity contribution is 0.277. The number of rotatable bonds is 5. The molecule has 1 aliphatic carbocycles. The lowest BCUT2D eigenvalue weighted by Gasteiger charge is -2.19. The maximum atomic E-state index is 12.9. The number of para-hydroxylation sites is 2. The van der Waals surface area contributed by atoms with Crippen molar-refractivity contribution in [2.24, 2.45) is 0 Å². The average molecular weight is 480 g/mol. The third-order valence-corrected chi connectivity index (χ3v) is 5.64. The van der Waals surface area contributed by atoms with Crippen molar-refractivity contribution >= 4 is 28.2 Å². The smallest absolute Gasteiger partial charge is 0.193 e. The van der Waals surface area contributed by atoms with Crippen molar-refractivity contribution < 1.29 is 9.84 Å². The summed E-state index contributed by atoms with van der Waals surface area (Å²) in [6.45, 7) is 1.69. The second-order valence-electron chi connectivity index (χ2n) is 8.18. The second kappa shape index (κ2) is 11.8. The lowest BCUT2D eigenvalue weighted by Crippen LogP contribution is -2.15. The van der Waals surface area contributed by atoms with Crippen LogP contribution >= 0.6 is 0 Å². The maximum Gasteiger partial charge on any atom is 0.193 e. The third-order valence-electron chi connectivity index (χ3n) is 5.64. The molecular formula is C30H29N3O3. The molecule has 0 saturated heterocycles. The summed E-state index contributed by atoms with van der Waals surface area (Å²) in [6, 6.07) is 22.8. The number of methoxy groups -OCH3 is 1. The Kier molecular flexibility index (Phi) is 8.11. The van der Waals surface area contributed by atoms with Gasteiger partial charge in [0.05, 0.1) is 24.8 Å². The monoisotopic (exact) mass is 479 g/mol. The molecule has 0 spiro atoms. The average Bonchev–Trinajstić information content (AvgIpc) is 3.19. The minimum atomic E-state index is -0.183. The van der Waals surface area contributed by atoms with Crippen LogP contribution in [-0.2, 0) is 6.61 Å². The van der Waals surface area contributed by atoms with Crippen molar-refractivity contribution in [3.05, 3.63) is 125 Å². The number of benzene rings is 2. The zero-order chi connectivity index (χ0) is 25.3. The molecule has 2 aromatic heterocycles. The highest BCUT2D eigenvalue weighted by Gasteiger charge is 2.16. The van der Waals surface area contributed by atoms with E-state index < -0.39 is 0 Å². The van der Waals surface area contributed by atoms with Crippen molar-refractivity contribution in [3.63, 3.8) is 0 Å². The Morgan fingerprint density at radius 2 is 1.75 bits per heavy atom. The van der Waals surface area contributed by atoms with Gasteiger partial charge >= 0.3 is 0 Å². The van der Waals surface area contributed by atoms with Gasteiger partial charge in [-0.15, -0.1) is 0 Å². The highest BCUT2D eigenvalue weighted by Crippen LogP contribution is 2.27. The van der Waals surface area contributed by atoms with Gasteiger partial charge in [0.25, 0.3) is 0 Å². The molecule has 2 aromatic carbocycles. The van der Waals surface area contributed by atoms with Gasteiger partial charge in [0.15, 0.2) is 11.1 Å². The predicted molar refractivity (Wildman–Crippen MR) is 147 cm³/mol. The predicted octanol–water partition coefficient (Wildman–Crippen LogP) is 5.99. The second-order valence-corrected chi connectivity index (χ2v) is 8.18. The van der Waals surface area contributed by atoms with Crippen molar-refractivity contribution in [1.29, 1.82) is 0 Å². The first-order valence-corrected chi connectivity index (χ1v) is 11.7. The van der Waals surface area contributed by atoms with Gasteiger partial charge in [0, 0.05) is 17.5 Å². The van der Waals surface area contributed by atoms with Gasteiger partial charge in [-0.1, -0.05) is 60.7 Å². The summed E-state index contributed by atoms with van der Waals surface area (Å²) in [4.78, 5) is 17.5. The van der Waals surface area contributed by atoms with E-state index in [9.17, 15) is 9.90 Å². The van der Waals surface area contributed by atoms with Crippen LogP contribution < -0.4 is 15.5 Å². The van der Waals surface area contributed by atoms with Gasteiger partial charge in [0.2, 0.25) is 0 Å². The number of aromatic nitrogens is 2. The van der Waals surface area contributed by atoms with Gasteiger partial charge in [-0.25, -0.2) is 4.98 Å². The summed E-state index contributed by atoms with van der Waals surface area (Å²) >= 11 is 0. The first-order valence-electron chi connectivity index (χ1n) is 11.7. The molecule has 6 heteroatoms. The largest absolute Gasteiger partial charge is 0.497 e. The van der Waals surface area contributed by atoms with Gasteiger partial charge in [-0.2, -0.15) is 0 Å². The van der Waals surface area contributed by atoms with Crippen LogP contribution in [-0.4, -0.2) is 21.8 Å². The van der Waals surface area contributed by atoms with E-state index in [0.29, 0.717) is 22.5 Å². The van der Waals surface area contributed by atoms with E-state index in [1.807, 2.05) is 90.4 Å². The van der Waals surface area contributed by atoms with Crippen LogP contribution in [0, 0.1) is 6.92 Å². The molecule has 0 unspecified atom stereocenters. The van der Waals surface area contributed by atoms with Gasteiger partial charge in [0.1, 0.15) is 11.6 Å². The molecule has 0 saturated carbocycles. The number of aliphatic hydroxyl groups excluding tert-OH is 1. The Morgan fingerprint density at radius 3 is 2.42 bits per heavy atom.